The molecular weight excluding hydrogens is 427 g/mol. The van der Waals surface area contributed by atoms with Gasteiger partial charge in [-0.3, -0.25) is 4.57 Å². The van der Waals surface area contributed by atoms with Crippen molar-refractivity contribution < 1.29 is 9.09 Å². The summed E-state index contributed by atoms with van der Waals surface area (Å²) in [5, 5.41) is 4.81. The van der Waals surface area contributed by atoms with Crippen molar-refractivity contribution in [3.63, 3.8) is 0 Å². The van der Waals surface area contributed by atoms with Gasteiger partial charge in [-0.15, -0.1) is 0 Å². The highest BCUT2D eigenvalue weighted by Crippen LogP contribution is 2.59. The van der Waals surface area contributed by atoms with Crippen molar-refractivity contribution in [3.05, 3.63) is 89.4 Å². The lowest BCUT2D eigenvalue weighted by atomic mass is 10.2. The molecule has 0 unspecified atom stereocenters. The molecule has 0 spiro atoms. The number of hydrogen-bond donors (Lipinski definition) is 1. The lowest BCUT2D eigenvalue weighted by molar-refractivity contribution is 0.308. The third kappa shape index (κ3) is 5.92. The van der Waals surface area contributed by atoms with Crippen LogP contribution >= 0.6 is 19.0 Å². The normalized spacial score (nSPS) is 13.9. The molecule has 3 aromatic rings. The Hall–Kier alpha value is -2.26. The molecule has 3 rings (SSSR count). The first-order chi connectivity index (χ1) is 14.9. The zero-order valence-electron chi connectivity index (χ0n) is 18.3. The molecule has 164 valence electrons. The Labute approximate surface area is 190 Å². The third-order valence-corrected chi connectivity index (χ3v) is 8.05. The average Bonchev–Trinajstić information content (AvgIpc) is 2.79. The van der Waals surface area contributed by atoms with Gasteiger partial charge in [0.15, 0.2) is 0 Å². The molecule has 0 aliphatic carbocycles. The first-order valence-electron chi connectivity index (χ1n) is 10.5. The zero-order chi connectivity index (χ0) is 22.3. The van der Waals surface area contributed by atoms with Crippen molar-refractivity contribution >= 4 is 35.6 Å². The largest absolute Gasteiger partial charge is 0.378 e. The van der Waals surface area contributed by atoms with E-state index in [2.05, 4.69) is 12.2 Å². The smallest absolute Gasteiger partial charge is 0.258 e. The molecular formula is C25H30ClN2O2P. The molecule has 6 heteroatoms. The summed E-state index contributed by atoms with van der Waals surface area (Å²) in [6.45, 7) is 2.53. The van der Waals surface area contributed by atoms with Gasteiger partial charge in [-0.25, -0.2) is 0 Å². The summed E-state index contributed by atoms with van der Waals surface area (Å²) >= 11 is 6.13. The SMILES string of the molecule is CCCCO[P@](=O)(c1ccc(N(C)C)cc1)[C@@H](Nc1ccccc1)c1ccc(Cl)cc1. The maximum Gasteiger partial charge on any atom is 0.258 e. The van der Waals surface area contributed by atoms with Crippen LogP contribution in [0.5, 0.6) is 0 Å². The van der Waals surface area contributed by atoms with Gasteiger partial charge in [0.05, 0.1) is 6.61 Å². The van der Waals surface area contributed by atoms with E-state index >= 15 is 0 Å². The molecule has 4 nitrogen and oxygen atoms in total. The molecule has 2 atom stereocenters. The van der Waals surface area contributed by atoms with Crippen molar-refractivity contribution in [2.75, 3.05) is 30.9 Å². The van der Waals surface area contributed by atoms with Crippen LogP contribution in [-0.2, 0) is 9.09 Å². The quantitative estimate of drug-likeness (QED) is 0.265. The highest BCUT2D eigenvalue weighted by atomic mass is 35.5. The molecule has 0 aromatic heterocycles. The van der Waals surface area contributed by atoms with Gasteiger partial charge in [-0.1, -0.05) is 55.3 Å². The number of para-hydroxylation sites is 1. The second kappa shape index (κ2) is 10.9. The van der Waals surface area contributed by atoms with Gasteiger partial charge in [-0.05, 0) is 60.5 Å². The predicted octanol–water partition coefficient (Wildman–Crippen LogP) is 6.94. The van der Waals surface area contributed by atoms with Gasteiger partial charge >= 0.3 is 0 Å². The zero-order valence-corrected chi connectivity index (χ0v) is 19.9. The van der Waals surface area contributed by atoms with Crippen molar-refractivity contribution in [1.82, 2.24) is 0 Å². The molecule has 0 aliphatic heterocycles. The Balaban J connectivity index is 2.08. The van der Waals surface area contributed by atoms with E-state index in [4.69, 9.17) is 16.1 Å². The van der Waals surface area contributed by atoms with E-state index in [0.29, 0.717) is 16.9 Å². The van der Waals surface area contributed by atoms with Crippen LogP contribution < -0.4 is 15.5 Å². The minimum absolute atomic E-state index is 0.434. The van der Waals surface area contributed by atoms with Crippen LogP contribution in [0.2, 0.25) is 5.02 Å². The molecule has 3 aromatic carbocycles. The van der Waals surface area contributed by atoms with E-state index in [-0.39, 0.29) is 0 Å². The lowest BCUT2D eigenvalue weighted by Crippen LogP contribution is -2.21. The second-order valence-electron chi connectivity index (χ2n) is 7.66. The molecule has 0 radical (unpaired) electrons. The summed E-state index contributed by atoms with van der Waals surface area (Å²) in [7, 11) is 0.635. The molecule has 1 N–H and O–H groups in total. The standard InChI is InChI=1S/C25H30ClN2O2P/c1-4-5-19-30-31(29,24-17-15-23(16-18-24)28(2)3)25(20-11-13-21(26)14-12-20)27-22-9-7-6-8-10-22/h6-18,25,27H,4-5,19H2,1-3H3/t25-,31-/m1/s1. The van der Waals surface area contributed by atoms with E-state index in [1.54, 1.807) is 0 Å². The molecule has 31 heavy (non-hydrogen) atoms. The predicted molar refractivity (Wildman–Crippen MR) is 133 cm³/mol. The second-order valence-corrected chi connectivity index (χ2v) is 10.6. The minimum atomic E-state index is -3.34. The Bertz CT molecular complexity index is 992. The Morgan fingerprint density at radius 2 is 1.61 bits per heavy atom. The summed E-state index contributed by atoms with van der Waals surface area (Å²) in [4.78, 5) is 2.02. The third-order valence-electron chi connectivity index (χ3n) is 5.11. The summed E-state index contributed by atoms with van der Waals surface area (Å²) < 4.78 is 20.9. The van der Waals surface area contributed by atoms with Crippen LogP contribution in [0, 0.1) is 0 Å². The molecule has 0 bridgehead atoms. The fourth-order valence-corrected chi connectivity index (χ4v) is 5.87. The number of rotatable bonds is 10. The number of halogens is 1. The minimum Gasteiger partial charge on any atom is -0.378 e. The van der Waals surface area contributed by atoms with Gasteiger partial charge in [0.25, 0.3) is 7.37 Å². The van der Waals surface area contributed by atoms with Gasteiger partial charge < -0.3 is 14.7 Å². The van der Waals surface area contributed by atoms with Gasteiger partial charge in [0.1, 0.15) is 5.78 Å². The summed E-state index contributed by atoms with van der Waals surface area (Å²) in [6, 6.07) is 25.0. The van der Waals surface area contributed by atoms with Crippen LogP contribution in [0.25, 0.3) is 0 Å². The van der Waals surface area contributed by atoms with Gasteiger partial charge in [-0.2, -0.15) is 0 Å². The summed E-state index contributed by atoms with van der Waals surface area (Å²) in [6.07, 6.45) is 1.82. The van der Waals surface area contributed by atoms with Crippen molar-refractivity contribution in [2.45, 2.75) is 25.5 Å². The van der Waals surface area contributed by atoms with E-state index in [1.807, 2.05) is 97.9 Å². The van der Waals surface area contributed by atoms with E-state index in [9.17, 15) is 4.57 Å². The topological polar surface area (TPSA) is 41.6 Å². The van der Waals surface area contributed by atoms with Crippen molar-refractivity contribution in [1.29, 1.82) is 0 Å². The first-order valence-corrected chi connectivity index (χ1v) is 12.6. The van der Waals surface area contributed by atoms with E-state index in [0.717, 1.165) is 29.8 Å². The summed E-state index contributed by atoms with van der Waals surface area (Å²) in [5.74, 6) is -0.547. The molecule has 0 saturated heterocycles. The Morgan fingerprint density at radius 3 is 2.19 bits per heavy atom. The van der Waals surface area contributed by atoms with Crippen LogP contribution in [-0.4, -0.2) is 20.7 Å². The maximum absolute atomic E-state index is 14.6. The molecule has 0 heterocycles. The monoisotopic (exact) mass is 456 g/mol. The number of nitrogens with one attached hydrogen (secondary N) is 1. The Kier molecular flexibility index (Phi) is 8.20. The highest BCUT2D eigenvalue weighted by Gasteiger charge is 2.38. The Morgan fingerprint density at radius 1 is 0.968 bits per heavy atom. The van der Waals surface area contributed by atoms with E-state index < -0.39 is 13.2 Å². The highest BCUT2D eigenvalue weighted by molar-refractivity contribution is 7.67. The van der Waals surface area contributed by atoms with Gasteiger partial charge in [0, 0.05) is 35.8 Å². The number of hydrogen-bond acceptors (Lipinski definition) is 4. The maximum atomic E-state index is 14.6. The fourth-order valence-electron chi connectivity index (χ4n) is 3.30. The van der Waals surface area contributed by atoms with Gasteiger partial charge in [0.2, 0.25) is 0 Å². The summed E-state index contributed by atoms with van der Waals surface area (Å²) in [5.41, 5.74) is 2.79. The molecule has 0 amide bonds. The molecule has 0 fully saturated rings. The van der Waals surface area contributed by atoms with Crippen LogP contribution in [0.15, 0.2) is 78.9 Å². The van der Waals surface area contributed by atoms with Crippen LogP contribution in [0.4, 0.5) is 11.4 Å². The van der Waals surface area contributed by atoms with Crippen molar-refractivity contribution in [2.24, 2.45) is 0 Å². The lowest BCUT2D eigenvalue weighted by Gasteiger charge is -2.30. The first kappa shape index (κ1) is 23.4. The number of benzene rings is 3. The van der Waals surface area contributed by atoms with Crippen LogP contribution in [0.3, 0.4) is 0 Å². The van der Waals surface area contributed by atoms with Crippen molar-refractivity contribution in [3.8, 4) is 0 Å². The number of nitrogens with zero attached hydrogens (tertiary/aromatic N) is 1. The number of anilines is 2. The molecule has 0 aliphatic rings. The average molecular weight is 457 g/mol. The molecule has 0 saturated carbocycles. The fraction of sp³-hybridized carbons (Fsp3) is 0.280. The number of unbranched alkanes of at least 4 members (excludes halogenated alkanes) is 1. The van der Waals surface area contributed by atoms with E-state index in [1.165, 1.54) is 0 Å². The van der Waals surface area contributed by atoms with Crippen LogP contribution in [0.1, 0.15) is 31.1 Å².